The van der Waals surface area contributed by atoms with Gasteiger partial charge in [0.2, 0.25) is 11.8 Å². The van der Waals surface area contributed by atoms with Crippen LogP contribution in [0.3, 0.4) is 0 Å². The maximum atomic E-state index is 12.8. The Labute approximate surface area is 195 Å². The van der Waals surface area contributed by atoms with Gasteiger partial charge in [-0.1, -0.05) is 38.1 Å². The molecule has 3 rings (SSSR count). The van der Waals surface area contributed by atoms with E-state index in [0.29, 0.717) is 18.8 Å². The normalized spacial score (nSPS) is 23.4. The average molecular weight is 461 g/mol. The Morgan fingerprint density at radius 1 is 1.12 bits per heavy atom. The predicted octanol–water partition coefficient (Wildman–Crippen LogP) is 0.910. The van der Waals surface area contributed by atoms with E-state index in [1.165, 1.54) is 11.1 Å². The third-order valence-electron chi connectivity index (χ3n) is 6.60. The number of ketones is 1. The zero-order valence-electron chi connectivity index (χ0n) is 19.5. The Kier molecular flexibility index (Phi) is 8.62. The van der Waals surface area contributed by atoms with Crippen molar-refractivity contribution < 1.29 is 29.3 Å². The van der Waals surface area contributed by atoms with Gasteiger partial charge in [0.25, 0.3) is 0 Å². The Hall–Kier alpha value is -2.29. The van der Waals surface area contributed by atoms with Gasteiger partial charge in [-0.3, -0.25) is 14.4 Å². The number of Topliss-reactive ketones (excluding diaryl/α,β-unsaturated/α-hetero) is 1. The first-order valence-electron chi connectivity index (χ1n) is 11.8. The van der Waals surface area contributed by atoms with Crippen molar-refractivity contribution in [3.63, 3.8) is 0 Å². The number of rotatable bonds is 12. The van der Waals surface area contributed by atoms with Crippen molar-refractivity contribution in [3.05, 3.63) is 35.4 Å². The summed E-state index contributed by atoms with van der Waals surface area (Å²) in [4.78, 5) is 38.0. The smallest absolute Gasteiger partial charge is 0.245 e. The Morgan fingerprint density at radius 2 is 1.82 bits per heavy atom. The second-order valence-corrected chi connectivity index (χ2v) is 9.71. The molecule has 0 spiro atoms. The Balaban J connectivity index is 1.50. The fourth-order valence-corrected chi connectivity index (χ4v) is 4.51. The molecule has 3 unspecified atom stereocenters. The number of epoxide rings is 1. The summed E-state index contributed by atoms with van der Waals surface area (Å²) < 4.78 is 5.14. The maximum Gasteiger partial charge on any atom is 0.245 e. The fraction of sp³-hybridized carbons (Fsp3) is 0.640. The molecule has 1 aromatic rings. The molecule has 1 saturated heterocycles. The highest BCUT2D eigenvalue weighted by molar-refractivity contribution is 5.98. The van der Waals surface area contributed by atoms with E-state index in [9.17, 15) is 24.6 Å². The van der Waals surface area contributed by atoms with E-state index in [4.69, 9.17) is 4.74 Å². The maximum absolute atomic E-state index is 12.8. The largest absolute Gasteiger partial charge is 0.394 e. The molecular formula is C25H36N2O6. The molecular weight excluding hydrogens is 424 g/mol. The lowest BCUT2D eigenvalue weighted by Crippen LogP contribution is -2.55. The molecule has 2 aliphatic rings. The summed E-state index contributed by atoms with van der Waals surface area (Å²) in [6.07, 6.45) is 4.33. The van der Waals surface area contributed by atoms with Crippen LogP contribution in [0.25, 0.3) is 0 Å². The van der Waals surface area contributed by atoms with Gasteiger partial charge in [0.1, 0.15) is 6.04 Å². The van der Waals surface area contributed by atoms with Crippen LogP contribution in [0.15, 0.2) is 24.3 Å². The van der Waals surface area contributed by atoms with Crippen LogP contribution in [0.2, 0.25) is 0 Å². The lowest BCUT2D eigenvalue weighted by Gasteiger charge is -2.26. The van der Waals surface area contributed by atoms with Crippen LogP contribution < -0.4 is 10.6 Å². The van der Waals surface area contributed by atoms with E-state index in [2.05, 4.69) is 22.8 Å². The zero-order valence-corrected chi connectivity index (χ0v) is 19.5. The SMILES string of the molecule is CC(C)CC(NC(=O)[C@H](CO)NC(=O)CCC1CCc2ccccc2C1)C(=O)C1(CO)CO1. The molecule has 33 heavy (non-hydrogen) atoms. The summed E-state index contributed by atoms with van der Waals surface area (Å²) in [6, 6.07) is 6.37. The molecule has 2 amide bonds. The van der Waals surface area contributed by atoms with E-state index in [0.717, 1.165) is 19.3 Å². The van der Waals surface area contributed by atoms with Gasteiger partial charge in [0, 0.05) is 6.42 Å². The first kappa shape index (κ1) is 25.3. The van der Waals surface area contributed by atoms with Crippen LogP contribution >= 0.6 is 0 Å². The first-order valence-corrected chi connectivity index (χ1v) is 11.8. The molecule has 1 aliphatic carbocycles. The number of amides is 2. The molecule has 8 heteroatoms. The van der Waals surface area contributed by atoms with Gasteiger partial charge in [0.05, 0.1) is 25.9 Å². The highest BCUT2D eigenvalue weighted by Gasteiger charge is 2.54. The number of aliphatic hydroxyl groups is 2. The molecule has 182 valence electrons. The van der Waals surface area contributed by atoms with E-state index < -0.39 is 36.8 Å². The van der Waals surface area contributed by atoms with Gasteiger partial charge in [-0.15, -0.1) is 0 Å². The van der Waals surface area contributed by atoms with Crippen molar-refractivity contribution in [2.24, 2.45) is 11.8 Å². The number of carbonyl (C=O) groups is 3. The summed E-state index contributed by atoms with van der Waals surface area (Å²) in [6.45, 7) is 2.95. The van der Waals surface area contributed by atoms with Crippen molar-refractivity contribution in [1.29, 1.82) is 0 Å². The standard InChI is InChI=1S/C25H36N2O6/c1-16(2)11-20(23(31)25(14-29)15-33-25)27-24(32)21(13-28)26-22(30)10-8-17-7-9-18-5-3-4-6-19(18)12-17/h3-6,16-17,20-21,28-29H,7-15H2,1-2H3,(H,26,30)(H,27,32)/t17?,20?,21-,25?/m0/s1. The number of nitrogens with one attached hydrogen (secondary N) is 2. The van der Waals surface area contributed by atoms with Gasteiger partial charge >= 0.3 is 0 Å². The van der Waals surface area contributed by atoms with Gasteiger partial charge in [0.15, 0.2) is 11.4 Å². The minimum absolute atomic E-state index is 0.108. The summed E-state index contributed by atoms with van der Waals surface area (Å²) in [5.74, 6) is -0.783. The quantitative estimate of drug-likeness (QED) is 0.343. The molecule has 0 saturated carbocycles. The molecule has 1 aromatic carbocycles. The number of hydrogen-bond donors (Lipinski definition) is 4. The number of fused-ring (bicyclic) bond motifs is 1. The lowest BCUT2D eigenvalue weighted by atomic mass is 9.81. The molecule has 4 atom stereocenters. The topological polar surface area (TPSA) is 128 Å². The summed E-state index contributed by atoms with van der Waals surface area (Å²) in [5, 5.41) is 24.4. The molecule has 8 nitrogen and oxygen atoms in total. The van der Waals surface area contributed by atoms with Gasteiger partial charge < -0.3 is 25.6 Å². The molecule has 0 aromatic heterocycles. The summed E-state index contributed by atoms with van der Waals surface area (Å²) in [5.41, 5.74) is 1.46. The van der Waals surface area contributed by atoms with Crippen molar-refractivity contribution in [2.75, 3.05) is 19.8 Å². The molecule has 1 fully saturated rings. The van der Waals surface area contributed by atoms with Gasteiger partial charge in [-0.2, -0.15) is 0 Å². The second-order valence-electron chi connectivity index (χ2n) is 9.71. The van der Waals surface area contributed by atoms with Crippen molar-refractivity contribution in [3.8, 4) is 0 Å². The number of aliphatic hydroxyl groups excluding tert-OH is 2. The van der Waals surface area contributed by atoms with Gasteiger partial charge in [-0.25, -0.2) is 0 Å². The molecule has 4 N–H and O–H groups in total. The minimum Gasteiger partial charge on any atom is -0.394 e. The van der Waals surface area contributed by atoms with Crippen LogP contribution in [0.1, 0.15) is 50.7 Å². The van der Waals surface area contributed by atoms with Crippen LogP contribution in [0.5, 0.6) is 0 Å². The average Bonchev–Trinajstić information content (AvgIpc) is 3.61. The van der Waals surface area contributed by atoms with Crippen molar-refractivity contribution >= 4 is 17.6 Å². The fourth-order valence-electron chi connectivity index (χ4n) is 4.51. The third-order valence-corrected chi connectivity index (χ3v) is 6.60. The number of benzene rings is 1. The monoisotopic (exact) mass is 460 g/mol. The van der Waals surface area contributed by atoms with Crippen LogP contribution in [0, 0.1) is 11.8 Å². The van der Waals surface area contributed by atoms with Crippen LogP contribution in [-0.2, 0) is 32.0 Å². The van der Waals surface area contributed by atoms with E-state index in [1.54, 1.807) is 0 Å². The number of carbonyl (C=O) groups excluding carboxylic acids is 3. The summed E-state index contributed by atoms with van der Waals surface area (Å²) in [7, 11) is 0. The van der Waals surface area contributed by atoms with Gasteiger partial charge in [-0.05, 0) is 55.1 Å². The predicted molar refractivity (Wildman–Crippen MR) is 122 cm³/mol. The highest BCUT2D eigenvalue weighted by Crippen LogP contribution is 2.30. The van der Waals surface area contributed by atoms with Crippen molar-refractivity contribution in [1.82, 2.24) is 10.6 Å². The number of hydrogen-bond acceptors (Lipinski definition) is 6. The zero-order chi connectivity index (χ0) is 24.0. The van der Waals surface area contributed by atoms with E-state index >= 15 is 0 Å². The number of aryl methyl sites for hydroxylation is 1. The Morgan fingerprint density at radius 3 is 2.42 bits per heavy atom. The molecule has 1 heterocycles. The highest BCUT2D eigenvalue weighted by atomic mass is 16.6. The van der Waals surface area contributed by atoms with Crippen molar-refractivity contribution in [2.45, 2.75) is 70.1 Å². The van der Waals surface area contributed by atoms with Crippen LogP contribution in [0.4, 0.5) is 0 Å². The first-order chi connectivity index (χ1) is 15.8. The van der Waals surface area contributed by atoms with E-state index in [1.807, 2.05) is 26.0 Å². The summed E-state index contributed by atoms with van der Waals surface area (Å²) >= 11 is 0. The lowest BCUT2D eigenvalue weighted by molar-refractivity contribution is -0.134. The molecule has 1 aliphatic heterocycles. The Bertz CT molecular complexity index is 851. The second kappa shape index (κ2) is 11.2. The molecule has 0 bridgehead atoms. The van der Waals surface area contributed by atoms with E-state index in [-0.39, 0.29) is 30.6 Å². The third kappa shape index (κ3) is 6.62. The minimum atomic E-state index is -1.25. The number of ether oxygens (including phenoxy) is 1. The molecule has 0 radical (unpaired) electrons. The van der Waals surface area contributed by atoms with Crippen LogP contribution in [-0.4, -0.2) is 65.3 Å².